The van der Waals surface area contributed by atoms with Gasteiger partial charge >= 0.3 is 5.97 Å². The van der Waals surface area contributed by atoms with E-state index in [0.29, 0.717) is 30.1 Å². The molecule has 3 aromatic rings. The van der Waals surface area contributed by atoms with Crippen LogP contribution in [0, 0.1) is 0 Å². The highest BCUT2D eigenvalue weighted by atomic mass is 35.5. The minimum absolute atomic E-state index is 0. The van der Waals surface area contributed by atoms with Gasteiger partial charge in [0.25, 0.3) is 0 Å². The summed E-state index contributed by atoms with van der Waals surface area (Å²) < 4.78 is 26.1. The zero-order chi connectivity index (χ0) is 26.3. The van der Waals surface area contributed by atoms with Gasteiger partial charge in [-0.1, -0.05) is 35.9 Å². The van der Waals surface area contributed by atoms with E-state index in [-0.39, 0.29) is 27.9 Å². The highest BCUT2D eigenvalue weighted by Gasteiger charge is 2.22. The molecule has 1 atom stereocenters. The lowest BCUT2D eigenvalue weighted by atomic mass is 10.1. The minimum Gasteiger partial charge on any atom is -0.478 e. The topological polar surface area (TPSA) is 153 Å². The Morgan fingerprint density at radius 2 is 1.65 bits per heavy atom. The van der Waals surface area contributed by atoms with Crippen LogP contribution >= 0.6 is 24.0 Å². The molecule has 0 saturated carbocycles. The number of carboxylic acid groups (broad SMARTS) is 1. The fraction of sp³-hybridized carbons (Fsp3) is 0.200. The maximum absolute atomic E-state index is 13.0. The predicted octanol–water partition coefficient (Wildman–Crippen LogP) is 3.09. The first-order valence-corrected chi connectivity index (χ1v) is 12.7. The van der Waals surface area contributed by atoms with Gasteiger partial charge < -0.3 is 26.0 Å². The van der Waals surface area contributed by atoms with Gasteiger partial charge in [0.05, 0.1) is 27.1 Å². The molecule has 9 nitrogen and oxygen atoms in total. The van der Waals surface area contributed by atoms with Crippen molar-refractivity contribution in [3.8, 4) is 0 Å². The van der Waals surface area contributed by atoms with Crippen molar-refractivity contribution in [3.05, 3.63) is 88.4 Å². The number of rotatable bonds is 11. The van der Waals surface area contributed by atoms with Crippen LogP contribution < -0.4 is 10.6 Å². The van der Waals surface area contributed by atoms with E-state index in [9.17, 15) is 28.2 Å². The number of amides is 1. The molecule has 0 bridgehead atoms. The lowest BCUT2D eigenvalue weighted by Gasteiger charge is -2.13. The van der Waals surface area contributed by atoms with Crippen molar-refractivity contribution in [2.24, 2.45) is 0 Å². The van der Waals surface area contributed by atoms with Gasteiger partial charge in [-0.2, -0.15) is 0 Å². The Hall–Kier alpha value is -2.99. The highest BCUT2D eigenvalue weighted by molar-refractivity contribution is 7.91. The number of carbonyl (C=O) groups excluding carboxylic acids is 1. The molecule has 5 N–H and O–H groups in total. The van der Waals surface area contributed by atoms with E-state index in [2.05, 4.69) is 10.6 Å². The number of benzene rings is 3. The summed E-state index contributed by atoms with van der Waals surface area (Å²) in [7, 11) is -4.02. The third-order valence-corrected chi connectivity index (χ3v) is 7.35. The number of aliphatic hydroxyl groups is 2. The summed E-state index contributed by atoms with van der Waals surface area (Å²) in [5.74, 6) is -2.25. The molecular weight excluding hydrogens is 543 g/mol. The van der Waals surface area contributed by atoms with E-state index in [4.69, 9.17) is 16.7 Å². The Kier molecular flexibility index (Phi) is 11.1. The predicted molar refractivity (Wildman–Crippen MR) is 141 cm³/mol. The molecule has 198 valence electrons. The Morgan fingerprint density at radius 3 is 2.27 bits per heavy atom. The second kappa shape index (κ2) is 13.5. The van der Waals surface area contributed by atoms with E-state index in [1.807, 2.05) is 0 Å². The smallest absolute Gasteiger partial charge is 0.337 e. The summed E-state index contributed by atoms with van der Waals surface area (Å²) in [6.07, 6.45) is -0.124. The summed E-state index contributed by atoms with van der Waals surface area (Å²) >= 11 is 5.94. The van der Waals surface area contributed by atoms with Crippen LogP contribution in [0.2, 0.25) is 5.02 Å². The van der Waals surface area contributed by atoms with Crippen LogP contribution in [-0.2, 0) is 21.1 Å². The van der Waals surface area contributed by atoms with Crippen LogP contribution in [0.25, 0.3) is 0 Å². The first kappa shape index (κ1) is 30.2. The summed E-state index contributed by atoms with van der Waals surface area (Å²) in [4.78, 5) is 22.7. The van der Waals surface area contributed by atoms with Crippen molar-refractivity contribution in [3.63, 3.8) is 0 Å². The SMILES string of the molecule is Cl.O=C(CO)Nc1ccc(S(=O)(=O)c2ccc(CCNC[C@@H](O)c3cccc(Cl)c3)cc2)cc1C(=O)O. The summed E-state index contributed by atoms with van der Waals surface area (Å²) in [5, 5.41) is 34.4. The second-order valence-corrected chi connectivity index (χ2v) is 10.3. The molecule has 0 fully saturated rings. The zero-order valence-electron chi connectivity index (χ0n) is 19.4. The summed E-state index contributed by atoms with van der Waals surface area (Å²) in [5.41, 5.74) is 1.04. The molecule has 1 amide bonds. The number of hydrogen-bond acceptors (Lipinski definition) is 7. The molecular formula is C25H26Cl2N2O7S. The summed E-state index contributed by atoms with van der Waals surface area (Å²) in [6.45, 7) is 0.0314. The molecule has 0 aliphatic heterocycles. The normalized spacial score (nSPS) is 11.9. The van der Waals surface area contributed by atoms with Crippen LogP contribution in [0.3, 0.4) is 0 Å². The van der Waals surface area contributed by atoms with E-state index in [1.165, 1.54) is 24.3 Å². The van der Waals surface area contributed by atoms with Crippen molar-refractivity contribution in [1.82, 2.24) is 5.32 Å². The van der Waals surface area contributed by atoms with Crippen LogP contribution in [0.15, 0.2) is 76.5 Å². The second-order valence-electron chi connectivity index (χ2n) is 7.89. The largest absolute Gasteiger partial charge is 0.478 e. The standard InChI is InChI=1S/C25H25ClN2O7S.ClH/c26-18-3-1-2-17(12-18)23(30)14-27-11-10-16-4-6-19(7-5-16)36(34,35)20-8-9-22(28-24(31)15-29)21(13-20)25(32)33;/h1-9,12-13,23,27,29-30H,10-11,14-15H2,(H,28,31)(H,32,33);1H/t23-;/m1./s1. The van der Waals surface area contributed by atoms with Crippen molar-refractivity contribution >= 4 is 51.4 Å². The highest BCUT2D eigenvalue weighted by Crippen LogP contribution is 2.26. The maximum Gasteiger partial charge on any atom is 0.337 e. The van der Waals surface area contributed by atoms with Crippen molar-refractivity contribution in [1.29, 1.82) is 0 Å². The Balaban J connectivity index is 0.00000481. The molecule has 0 unspecified atom stereocenters. The van der Waals surface area contributed by atoms with Gasteiger partial charge in [-0.15, -0.1) is 12.4 Å². The average Bonchev–Trinajstić information content (AvgIpc) is 2.86. The fourth-order valence-corrected chi connectivity index (χ4v) is 4.93. The Labute approximate surface area is 225 Å². The van der Waals surface area contributed by atoms with Gasteiger partial charge in [0, 0.05) is 11.6 Å². The van der Waals surface area contributed by atoms with Crippen LogP contribution in [0.5, 0.6) is 0 Å². The van der Waals surface area contributed by atoms with Crippen LogP contribution in [0.4, 0.5) is 5.69 Å². The van der Waals surface area contributed by atoms with Crippen molar-refractivity contribution < 1.29 is 33.3 Å². The molecule has 0 aliphatic rings. The molecule has 0 aromatic heterocycles. The van der Waals surface area contributed by atoms with Gasteiger partial charge in [0.2, 0.25) is 15.7 Å². The zero-order valence-corrected chi connectivity index (χ0v) is 21.8. The lowest BCUT2D eigenvalue weighted by Crippen LogP contribution is -2.23. The monoisotopic (exact) mass is 568 g/mol. The third kappa shape index (κ3) is 8.00. The van der Waals surface area contributed by atoms with Gasteiger partial charge in [-0.25, -0.2) is 13.2 Å². The Morgan fingerprint density at radius 1 is 0.973 bits per heavy atom. The number of aliphatic hydroxyl groups excluding tert-OH is 2. The minimum atomic E-state index is -4.02. The molecule has 12 heteroatoms. The fourth-order valence-electron chi connectivity index (χ4n) is 3.44. The number of halogens is 2. The molecule has 37 heavy (non-hydrogen) atoms. The quantitative estimate of drug-likeness (QED) is 0.221. The average molecular weight is 569 g/mol. The van der Waals surface area contributed by atoms with Gasteiger partial charge in [-0.3, -0.25) is 4.79 Å². The number of hydrogen-bond donors (Lipinski definition) is 5. The molecule has 0 aliphatic carbocycles. The summed E-state index contributed by atoms with van der Waals surface area (Å²) in [6, 6.07) is 16.5. The molecule has 0 heterocycles. The molecule has 0 spiro atoms. The van der Waals surface area contributed by atoms with E-state index in [0.717, 1.165) is 11.6 Å². The van der Waals surface area contributed by atoms with E-state index < -0.39 is 40.0 Å². The molecule has 3 aromatic carbocycles. The third-order valence-electron chi connectivity index (χ3n) is 5.34. The molecule has 3 rings (SSSR count). The number of aromatic carboxylic acids is 1. The van der Waals surface area contributed by atoms with E-state index >= 15 is 0 Å². The number of sulfone groups is 1. The number of carboxylic acids is 1. The number of anilines is 1. The van der Waals surface area contributed by atoms with Gasteiger partial charge in [0.15, 0.2) is 0 Å². The Bertz CT molecular complexity index is 1350. The number of nitrogens with one attached hydrogen (secondary N) is 2. The van der Waals surface area contributed by atoms with Gasteiger partial charge in [0.1, 0.15) is 6.61 Å². The molecule has 0 saturated heterocycles. The lowest BCUT2D eigenvalue weighted by molar-refractivity contribution is -0.118. The van der Waals surface area contributed by atoms with Crippen LogP contribution in [-0.4, -0.2) is 55.3 Å². The van der Waals surface area contributed by atoms with Crippen molar-refractivity contribution in [2.75, 3.05) is 25.0 Å². The first-order valence-electron chi connectivity index (χ1n) is 10.9. The number of carbonyl (C=O) groups is 2. The van der Waals surface area contributed by atoms with Crippen molar-refractivity contribution in [2.45, 2.75) is 22.3 Å². The maximum atomic E-state index is 13.0. The van der Waals surface area contributed by atoms with Gasteiger partial charge in [-0.05, 0) is 66.6 Å². The van der Waals surface area contributed by atoms with Crippen LogP contribution in [0.1, 0.15) is 27.6 Å². The first-order chi connectivity index (χ1) is 17.1. The van der Waals surface area contributed by atoms with E-state index in [1.54, 1.807) is 36.4 Å². The molecule has 0 radical (unpaired) electrons.